The van der Waals surface area contributed by atoms with Gasteiger partial charge in [0, 0.05) is 27.7 Å². The monoisotopic (exact) mass is 374 g/mol. The average Bonchev–Trinajstić information content (AvgIpc) is 2.85. The van der Waals surface area contributed by atoms with E-state index in [0.717, 1.165) is 6.07 Å². The summed E-state index contributed by atoms with van der Waals surface area (Å²) in [6, 6.07) is 8.55. The molecule has 0 spiro atoms. The third-order valence-corrected chi connectivity index (χ3v) is 4.73. The Balaban J connectivity index is 2.33. The van der Waals surface area contributed by atoms with Gasteiger partial charge in [0.1, 0.15) is 0 Å². The zero-order valence-corrected chi connectivity index (χ0v) is 14.8. The Morgan fingerprint density at radius 2 is 1.85 bits per heavy atom. The average molecular weight is 375 g/mol. The van der Waals surface area contributed by atoms with Crippen molar-refractivity contribution in [2.24, 2.45) is 5.73 Å². The fourth-order valence-corrected chi connectivity index (χ4v) is 3.25. The lowest BCUT2D eigenvalue weighted by atomic mass is 9.97. The van der Waals surface area contributed by atoms with Crippen LogP contribution in [-0.4, -0.2) is 21.5 Å². The fourth-order valence-electron chi connectivity index (χ4n) is 3.12. The highest BCUT2D eigenvalue weighted by Crippen LogP contribution is 2.35. The topological polar surface area (TPSA) is 85.3 Å². The molecule has 1 amide bonds. The molecule has 26 heavy (non-hydrogen) atoms. The lowest BCUT2D eigenvalue weighted by Crippen LogP contribution is -2.20. The number of carbonyl (C=O) groups excluding carboxylic acids is 2. The number of hydrogen-bond donors (Lipinski definition) is 2. The SMILES string of the molecule is Cc1c(C(C)C(N)=O)c2cc(O)c(F)cc2n1C(=O)c1ccc(Cl)cc1. The molecule has 0 bridgehead atoms. The summed E-state index contributed by atoms with van der Waals surface area (Å²) in [7, 11) is 0. The molecule has 0 saturated carbocycles. The van der Waals surface area contributed by atoms with E-state index in [1.807, 2.05) is 0 Å². The molecule has 2 aromatic carbocycles. The highest BCUT2D eigenvalue weighted by Gasteiger charge is 2.26. The van der Waals surface area contributed by atoms with E-state index in [-0.39, 0.29) is 5.52 Å². The second-order valence-electron chi connectivity index (χ2n) is 6.09. The summed E-state index contributed by atoms with van der Waals surface area (Å²) in [5.74, 6) is -3.14. The van der Waals surface area contributed by atoms with Gasteiger partial charge in [0.15, 0.2) is 11.6 Å². The Bertz CT molecular complexity index is 1040. The first kappa shape index (κ1) is 17.9. The van der Waals surface area contributed by atoms with Gasteiger partial charge in [-0.05, 0) is 49.7 Å². The maximum atomic E-state index is 14.0. The summed E-state index contributed by atoms with van der Waals surface area (Å²) in [5, 5.41) is 10.6. The number of fused-ring (bicyclic) bond motifs is 1. The summed E-state index contributed by atoms with van der Waals surface area (Å²) in [6.45, 7) is 3.25. The molecule has 1 heterocycles. The molecule has 134 valence electrons. The number of benzene rings is 2. The number of nitrogens with two attached hydrogens (primary N) is 1. The smallest absolute Gasteiger partial charge is 0.262 e. The highest BCUT2D eigenvalue weighted by atomic mass is 35.5. The molecular weight excluding hydrogens is 359 g/mol. The predicted octanol–water partition coefficient (Wildman–Crippen LogP) is 3.73. The van der Waals surface area contributed by atoms with Crippen LogP contribution in [0.1, 0.15) is 34.5 Å². The fraction of sp³-hybridized carbons (Fsp3) is 0.158. The number of aromatic nitrogens is 1. The minimum Gasteiger partial charge on any atom is -0.505 e. The quantitative estimate of drug-likeness (QED) is 0.732. The molecule has 1 unspecified atom stereocenters. The van der Waals surface area contributed by atoms with E-state index in [4.69, 9.17) is 17.3 Å². The van der Waals surface area contributed by atoms with Crippen molar-refractivity contribution in [2.45, 2.75) is 19.8 Å². The summed E-state index contributed by atoms with van der Waals surface area (Å²) >= 11 is 5.86. The molecule has 0 fully saturated rings. The molecule has 1 atom stereocenters. The molecular formula is C19H16ClFN2O3. The molecule has 0 radical (unpaired) electrons. The van der Waals surface area contributed by atoms with Crippen LogP contribution < -0.4 is 5.73 Å². The first-order valence-electron chi connectivity index (χ1n) is 7.85. The minimum atomic E-state index is -0.863. The molecule has 7 heteroatoms. The molecule has 3 N–H and O–H groups in total. The van der Waals surface area contributed by atoms with Crippen molar-refractivity contribution >= 4 is 34.3 Å². The number of primary amides is 1. The van der Waals surface area contributed by atoms with E-state index in [2.05, 4.69) is 0 Å². The van der Waals surface area contributed by atoms with Crippen molar-refractivity contribution in [3.63, 3.8) is 0 Å². The molecule has 0 aliphatic carbocycles. The van der Waals surface area contributed by atoms with Crippen LogP contribution in [0.4, 0.5) is 4.39 Å². The van der Waals surface area contributed by atoms with Gasteiger partial charge >= 0.3 is 0 Å². The third-order valence-electron chi connectivity index (χ3n) is 4.48. The molecule has 3 aromatic rings. The second-order valence-corrected chi connectivity index (χ2v) is 6.53. The van der Waals surface area contributed by atoms with Crippen molar-refractivity contribution in [1.82, 2.24) is 4.57 Å². The van der Waals surface area contributed by atoms with Gasteiger partial charge in [0.25, 0.3) is 5.91 Å². The van der Waals surface area contributed by atoms with E-state index >= 15 is 0 Å². The Kier molecular flexibility index (Phi) is 4.46. The van der Waals surface area contributed by atoms with Gasteiger partial charge in [-0.2, -0.15) is 0 Å². The van der Waals surface area contributed by atoms with E-state index in [0.29, 0.717) is 27.2 Å². The Morgan fingerprint density at radius 3 is 2.42 bits per heavy atom. The van der Waals surface area contributed by atoms with Crippen LogP contribution in [-0.2, 0) is 4.79 Å². The van der Waals surface area contributed by atoms with E-state index in [9.17, 15) is 19.1 Å². The zero-order valence-electron chi connectivity index (χ0n) is 14.1. The van der Waals surface area contributed by atoms with Crippen LogP contribution >= 0.6 is 11.6 Å². The number of phenolic OH excluding ortho intramolecular Hbond substituents is 1. The van der Waals surface area contributed by atoms with Crippen molar-refractivity contribution < 1.29 is 19.1 Å². The number of hydrogen-bond acceptors (Lipinski definition) is 3. The number of phenols is 1. The first-order chi connectivity index (χ1) is 12.2. The Hall–Kier alpha value is -2.86. The zero-order chi connectivity index (χ0) is 19.2. The summed E-state index contributed by atoms with van der Waals surface area (Å²) in [6.07, 6.45) is 0. The van der Waals surface area contributed by atoms with Crippen molar-refractivity contribution in [2.75, 3.05) is 0 Å². The maximum Gasteiger partial charge on any atom is 0.262 e. The maximum absolute atomic E-state index is 14.0. The standard InChI is InChI=1S/C19H16ClFN2O3/c1-9(18(22)25)17-10(2)23(15-8-14(21)16(24)7-13(15)17)19(26)11-3-5-12(20)6-4-11/h3-9,24H,1-2H3,(H2,22,25). The first-order valence-corrected chi connectivity index (χ1v) is 8.23. The highest BCUT2D eigenvalue weighted by molar-refractivity contribution is 6.30. The van der Waals surface area contributed by atoms with Crippen LogP contribution in [0.3, 0.4) is 0 Å². The third kappa shape index (κ3) is 2.82. The number of carbonyl (C=O) groups is 2. The normalized spacial score (nSPS) is 12.3. The van der Waals surface area contributed by atoms with Gasteiger partial charge in [-0.15, -0.1) is 0 Å². The number of aromatic hydroxyl groups is 1. The van der Waals surface area contributed by atoms with Crippen molar-refractivity contribution in [1.29, 1.82) is 0 Å². The van der Waals surface area contributed by atoms with Gasteiger partial charge in [-0.25, -0.2) is 4.39 Å². The molecule has 0 aliphatic rings. The van der Waals surface area contributed by atoms with Crippen LogP contribution in [0.2, 0.25) is 5.02 Å². The van der Waals surface area contributed by atoms with Crippen molar-refractivity contribution in [3.05, 3.63) is 64.1 Å². The number of nitrogens with zero attached hydrogens (tertiary/aromatic N) is 1. The molecule has 0 saturated heterocycles. The summed E-state index contributed by atoms with van der Waals surface area (Å²) in [4.78, 5) is 24.7. The predicted molar refractivity (Wildman–Crippen MR) is 97.1 cm³/mol. The van der Waals surface area contributed by atoms with Crippen LogP contribution in [0.25, 0.3) is 10.9 Å². The lowest BCUT2D eigenvalue weighted by molar-refractivity contribution is -0.119. The Labute approximate surface area is 153 Å². The number of amides is 1. The molecule has 5 nitrogen and oxygen atoms in total. The lowest BCUT2D eigenvalue weighted by Gasteiger charge is -2.10. The van der Waals surface area contributed by atoms with Gasteiger partial charge < -0.3 is 10.8 Å². The minimum absolute atomic E-state index is 0.251. The molecule has 1 aromatic heterocycles. The Morgan fingerprint density at radius 1 is 1.23 bits per heavy atom. The number of halogens is 2. The van der Waals surface area contributed by atoms with Crippen LogP contribution in [0.5, 0.6) is 5.75 Å². The van der Waals surface area contributed by atoms with E-state index < -0.39 is 29.3 Å². The van der Waals surface area contributed by atoms with Crippen molar-refractivity contribution in [3.8, 4) is 5.75 Å². The summed E-state index contributed by atoms with van der Waals surface area (Å²) in [5.41, 5.74) is 6.96. The van der Waals surface area contributed by atoms with Crippen LogP contribution in [0.15, 0.2) is 36.4 Å². The van der Waals surface area contributed by atoms with Gasteiger partial charge in [0.05, 0.1) is 11.4 Å². The van der Waals surface area contributed by atoms with Gasteiger partial charge in [-0.3, -0.25) is 14.2 Å². The molecule has 3 rings (SSSR count). The van der Waals surface area contributed by atoms with Gasteiger partial charge in [-0.1, -0.05) is 11.6 Å². The van der Waals surface area contributed by atoms with Crippen LogP contribution in [0, 0.1) is 12.7 Å². The van der Waals surface area contributed by atoms with E-state index in [1.165, 1.54) is 10.6 Å². The van der Waals surface area contributed by atoms with E-state index in [1.54, 1.807) is 38.1 Å². The number of rotatable bonds is 3. The molecule has 0 aliphatic heterocycles. The van der Waals surface area contributed by atoms with Gasteiger partial charge in [0.2, 0.25) is 5.91 Å². The second kappa shape index (κ2) is 6.46. The largest absolute Gasteiger partial charge is 0.505 e. The summed E-state index contributed by atoms with van der Waals surface area (Å²) < 4.78 is 15.3.